The Hall–Kier alpha value is -1.79. The predicted molar refractivity (Wildman–Crippen MR) is 97.7 cm³/mol. The van der Waals surface area contributed by atoms with Gasteiger partial charge in [0.2, 0.25) is 0 Å². The van der Waals surface area contributed by atoms with Gasteiger partial charge in [0, 0.05) is 17.7 Å². The first kappa shape index (κ1) is 17.0. The molecule has 0 bridgehead atoms. The fourth-order valence-corrected chi connectivity index (χ4v) is 3.87. The molecule has 0 unspecified atom stereocenters. The number of hydrogen-bond acceptors (Lipinski definition) is 4. The third kappa shape index (κ3) is 4.39. The highest BCUT2D eigenvalue weighted by atomic mass is 32.2. The van der Waals surface area contributed by atoms with E-state index in [0.29, 0.717) is 0 Å². The van der Waals surface area contributed by atoms with Gasteiger partial charge >= 0.3 is 0 Å². The van der Waals surface area contributed by atoms with E-state index in [4.69, 9.17) is 0 Å². The van der Waals surface area contributed by atoms with Crippen LogP contribution in [0.2, 0.25) is 0 Å². The van der Waals surface area contributed by atoms with Crippen LogP contribution in [-0.4, -0.2) is 14.8 Å². The van der Waals surface area contributed by atoms with Crippen LogP contribution in [0.3, 0.4) is 0 Å². The first-order valence-corrected chi connectivity index (χ1v) is 9.54. The molecule has 1 aromatic heterocycles. The van der Waals surface area contributed by atoms with Gasteiger partial charge < -0.3 is 4.57 Å². The van der Waals surface area contributed by atoms with Crippen LogP contribution in [0.4, 0.5) is 4.39 Å². The van der Waals surface area contributed by atoms with Gasteiger partial charge in [-0.2, -0.15) is 0 Å². The molecule has 0 N–H and O–H groups in total. The second-order valence-electron chi connectivity index (χ2n) is 5.47. The summed E-state index contributed by atoms with van der Waals surface area (Å²) in [5.41, 5.74) is 2.33. The maximum absolute atomic E-state index is 12.9. The molecule has 0 radical (unpaired) electrons. The van der Waals surface area contributed by atoms with Crippen molar-refractivity contribution in [2.24, 2.45) is 7.05 Å². The summed E-state index contributed by atoms with van der Waals surface area (Å²) in [5, 5.41) is 9.42. The summed E-state index contributed by atoms with van der Waals surface area (Å²) >= 11 is 3.36. The predicted octanol–water partition coefficient (Wildman–Crippen LogP) is 4.85. The average Bonchev–Trinajstić information content (AvgIpc) is 2.94. The van der Waals surface area contributed by atoms with Crippen LogP contribution in [-0.2, 0) is 18.6 Å². The summed E-state index contributed by atoms with van der Waals surface area (Å²) in [7, 11) is 1.98. The smallest absolute Gasteiger partial charge is 0.191 e. The highest BCUT2D eigenvalue weighted by molar-refractivity contribution is 7.98. The Kier molecular flexibility index (Phi) is 5.58. The molecule has 0 atom stereocenters. The Bertz CT molecular complexity index is 731. The van der Waals surface area contributed by atoms with E-state index in [1.807, 2.05) is 11.6 Å². The Labute approximate surface area is 149 Å². The summed E-state index contributed by atoms with van der Waals surface area (Å²) in [6.45, 7) is 2.09. The average molecular weight is 359 g/mol. The van der Waals surface area contributed by atoms with E-state index in [1.54, 1.807) is 35.7 Å². The van der Waals surface area contributed by atoms with Crippen LogP contribution >= 0.6 is 23.5 Å². The minimum Gasteiger partial charge on any atom is -0.308 e. The summed E-state index contributed by atoms with van der Waals surface area (Å²) in [4.78, 5) is 1.23. The normalized spacial score (nSPS) is 11.0. The SMILES string of the molecule is Cc1ccc(SCc2nnc(SCc3ccc(F)cc3)n2C)cc1. The Morgan fingerprint density at radius 3 is 2.33 bits per heavy atom. The third-order valence-corrected chi connectivity index (χ3v) is 5.69. The molecule has 0 amide bonds. The van der Waals surface area contributed by atoms with E-state index in [0.717, 1.165) is 28.0 Å². The quantitative estimate of drug-likeness (QED) is 0.589. The lowest BCUT2D eigenvalue weighted by atomic mass is 10.2. The van der Waals surface area contributed by atoms with E-state index in [2.05, 4.69) is 41.4 Å². The van der Waals surface area contributed by atoms with Gasteiger partial charge in [-0.15, -0.1) is 22.0 Å². The van der Waals surface area contributed by atoms with Crippen molar-refractivity contribution >= 4 is 23.5 Å². The molecule has 0 saturated carbocycles. The molecule has 24 heavy (non-hydrogen) atoms. The largest absolute Gasteiger partial charge is 0.308 e. The van der Waals surface area contributed by atoms with Gasteiger partial charge in [-0.1, -0.05) is 41.6 Å². The number of halogens is 1. The second kappa shape index (κ2) is 7.85. The molecule has 3 rings (SSSR count). The van der Waals surface area contributed by atoms with Crippen LogP contribution in [0, 0.1) is 12.7 Å². The lowest BCUT2D eigenvalue weighted by molar-refractivity contribution is 0.627. The summed E-state index contributed by atoms with van der Waals surface area (Å²) in [6, 6.07) is 15.0. The number of benzene rings is 2. The number of nitrogens with zero attached hydrogens (tertiary/aromatic N) is 3. The number of thioether (sulfide) groups is 2. The first-order chi connectivity index (χ1) is 11.6. The Morgan fingerprint density at radius 1 is 0.917 bits per heavy atom. The zero-order chi connectivity index (χ0) is 16.9. The van der Waals surface area contributed by atoms with Crippen LogP contribution in [0.1, 0.15) is 17.0 Å². The minimum absolute atomic E-state index is 0.210. The topological polar surface area (TPSA) is 30.7 Å². The second-order valence-corrected chi connectivity index (χ2v) is 7.47. The van der Waals surface area contributed by atoms with Gasteiger partial charge in [-0.05, 0) is 36.8 Å². The Balaban J connectivity index is 1.58. The van der Waals surface area contributed by atoms with E-state index in [-0.39, 0.29) is 5.82 Å². The number of aryl methyl sites for hydroxylation is 1. The Morgan fingerprint density at radius 2 is 1.62 bits per heavy atom. The van der Waals surface area contributed by atoms with E-state index < -0.39 is 0 Å². The van der Waals surface area contributed by atoms with Crippen LogP contribution in [0.25, 0.3) is 0 Å². The van der Waals surface area contributed by atoms with Gasteiger partial charge in [0.25, 0.3) is 0 Å². The third-order valence-electron chi connectivity index (χ3n) is 3.60. The van der Waals surface area contributed by atoms with Crippen LogP contribution < -0.4 is 0 Å². The highest BCUT2D eigenvalue weighted by Gasteiger charge is 2.10. The van der Waals surface area contributed by atoms with Crippen molar-refractivity contribution in [3.05, 3.63) is 71.3 Å². The zero-order valence-corrected chi connectivity index (χ0v) is 15.2. The number of aromatic nitrogens is 3. The molecule has 3 aromatic rings. The molecule has 0 spiro atoms. The lowest BCUT2D eigenvalue weighted by Gasteiger charge is -2.04. The first-order valence-electron chi connectivity index (χ1n) is 7.57. The van der Waals surface area contributed by atoms with Gasteiger partial charge in [0.1, 0.15) is 11.6 Å². The summed E-state index contributed by atoms with van der Waals surface area (Å²) < 4.78 is 15.0. The van der Waals surface area contributed by atoms with Crippen molar-refractivity contribution in [3.8, 4) is 0 Å². The van der Waals surface area contributed by atoms with Crippen LogP contribution in [0.15, 0.2) is 58.6 Å². The molecule has 6 heteroatoms. The molecule has 1 heterocycles. The van der Waals surface area contributed by atoms with Gasteiger partial charge in [0.05, 0.1) is 5.75 Å². The molecule has 0 fully saturated rings. The highest BCUT2D eigenvalue weighted by Crippen LogP contribution is 2.25. The van der Waals surface area contributed by atoms with Gasteiger partial charge in [-0.25, -0.2) is 4.39 Å². The summed E-state index contributed by atoms with van der Waals surface area (Å²) in [6.07, 6.45) is 0. The fraction of sp³-hybridized carbons (Fsp3) is 0.222. The fourth-order valence-electron chi connectivity index (χ4n) is 2.11. The van der Waals surface area contributed by atoms with Crippen molar-refractivity contribution in [1.29, 1.82) is 0 Å². The van der Waals surface area contributed by atoms with E-state index in [9.17, 15) is 4.39 Å². The van der Waals surface area contributed by atoms with E-state index >= 15 is 0 Å². The monoisotopic (exact) mass is 359 g/mol. The van der Waals surface area contributed by atoms with Crippen LogP contribution in [0.5, 0.6) is 0 Å². The standard InChI is InChI=1S/C18H18FN3S2/c1-13-3-9-16(10-4-13)23-12-17-20-21-18(22(17)2)24-11-14-5-7-15(19)8-6-14/h3-10H,11-12H2,1-2H3. The molecule has 0 aliphatic carbocycles. The number of rotatable bonds is 6. The molecule has 124 valence electrons. The molecule has 0 saturated heterocycles. The van der Waals surface area contributed by atoms with Crippen molar-refractivity contribution in [3.63, 3.8) is 0 Å². The van der Waals surface area contributed by atoms with Gasteiger partial charge in [0.15, 0.2) is 5.16 Å². The molecule has 3 nitrogen and oxygen atoms in total. The van der Waals surface area contributed by atoms with Crippen molar-refractivity contribution in [1.82, 2.24) is 14.8 Å². The lowest BCUT2D eigenvalue weighted by Crippen LogP contribution is -1.97. The summed E-state index contributed by atoms with van der Waals surface area (Å²) in [5.74, 6) is 2.26. The molecule has 2 aromatic carbocycles. The van der Waals surface area contributed by atoms with Gasteiger partial charge in [-0.3, -0.25) is 0 Å². The van der Waals surface area contributed by atoms with Crippen molar-refractivity contribution in [2.75, 3.05) is 0 Å². The molecule has 0 aliphatic heterocycles. The molecule has 0 aliphatic rings. The van der Waals surface area contributed by atoms with E-state index in [1.165, 1.54) is 22.6 Å². The van der Waals surface area contributed by atoms with Crippen molar-refractivity contribution in [2.45, 2.75) is 28.5 Å². The maximum atomic E-state index is 12.9. The molecular formula is C18H18FN3S2. The molecular weight excluding hydrogens is 341 g/mol. The zero-order valence-electron chi connectivity index (χ0n) is 13.6. The number of hydrogen-bond donors (Lipinski definition) is 0. The maximum Gasteiger partial charge on any atom is 0.191 e. The minimum atomic E-state index is -0.210. The van der Waals surface area contributed by atoms with Crippen molar-refractivity contribution < 1.29 is 4.39 Å².